The predicted molar refractivity (Wildman–Crippen MR) is 80.3 cm³/mol. The van der Waals surface area contributed by atoms with Gasteiger partial charge >= 0.3 is 6.18 Å². The summed E-state index contributed by atoms with van der Waals surface area (Å²) in [7, 11) is 1.87. The summed E-state index contributed by atoms with van der Waals surface area (Å²) in [6.45, 7) is 0.586. The SMILES string of the molecule is Cn1cnc2c1CCN(C(c1ccc(Br)cc1)C(F)(F)F)C2. The van der Waals surface area contributed by atoms with Crippen LogP contribution in [0.25, 0.3) is 0 Å². The van der Waals surface area contributed by atoms with Crippen LogP contribution < -0.4 is 0 Å². The van der Waals surface area contributed by atoms with Crippen LogP contribution >= 0.6 is 15.9 Å². The molecule has 0 bridgehead atoms. The van der Waals surface area contributed by atoms with Gasteiger partial charge in [0.15, 0.2) is 0 Å². The maximum atomic E-state index is 13.6. The monoisotopic (exact) mass is 373 g/mol. The van der Waals surface area contributed by atoms with Gasteiger partial charge in [0.2, 0.25) is 0 Å². The lowest BCUT2D eigenvalue weighted by molar-refractivity contribution is -0.189. The molecule has 0 spiro atoms. The van der Waals surface area contributed by atoms with Crippen LogP contribution in [0.1, 0.15) is 23.0 Å². The third-order valence-electron chi connectivity index (χ3n) is 4.00. The van der Waals surface area contributed by atoms with Gasteiger partial charge < -0.3 is 4.57 Å². The van der Waals surface area contributed by atoms with E-state index in [1.807, 2.05) is 11.6 Å². The van der Waals surface area contributed by atoms with Crippen LogP contribution in [0.5, 0.6) is 0 Å². The predicted octanol–water partition coefficient (Wildman–Crippen LogP) is 3.84. The lowest BCUT2D eigenvalue weighted by Crippen LogP contribution is -2.41. The fraction of sp³-hybridized carbons (Fsp3) is 0.400. The van der Waals surface area contributed by atoms with Crippen LogP contribution in [0.15, 0.2) is 35.1 Å². The number of alkyl halides is 3. The molecule has 0 aliphatic carbocycles. The van der Waals surface area contributed by atoms with E-state index in [1.54, 1.807) is 18.5 Å². The fourth-order valence-corrected chi connectivity index (χ4v) is 3.21. The largest absolute Gasteiger partial charge is 0.408 e. The summed E-state index contributed by atoms with van der Waals surface area (Å²) in [6.07, 6.45) is -2.08. The summed E-state index contributed by atoms with van der Waals surface area (Å²) in [4.78, 5) is 5.68. The van der Waals surface area contributed by atoms with E-state index in [9.17, 15) is 13.2 Å². The first-order valence-electron chi connectivity index (χ1n) is 6.91. The van der Waals surface area contributed by atoms with Crippen molar-refractivity contribution < 1.29 is 13.2 Å². The van der Waals surface area contributed by atoms with Crippen molar-refractivity contribution in [2.75, 3.05) is 6.54 Å². The molecule has 1 aromatic heterocycles. The number of halogens is 4. The molecule has 1 aliphatic rings. The average Bonchev–Trinajstić information content (AvgIpc) is 2.81. The van der Waals surface area contributed by atoms with Crippen LogP contribution in [0.3, 0.4) is 0 Å². The zero-order chi connectivity index (χ0) is 15.9. The Balaban J connectivity index is 1.93. The number of hydrogen-bond acceptors (Lipinski definition) is 2. The molecule has 0 saturated carbocycles. The van der Waals surface area contributed by atoms with Crippen molar-refractivity contribution in [3.05, 3.63) is 52.0 Å². The van der Waals surface area contributed by atoms with Crippen molar-refractivity contribution in [2.24, 2.45) is 7.05 Å². The highest BCUT2D eigenvalue weighted by molar-refractivity contribution is 9.10. The number of nitrogens with zero attached hydrogens (tertiary/aromatic N) is 3. The Kier molecular flexibility index (Phi) is 4.03. The Morgan fingerprint density at radius 1 is 1.23 bits per heavy atom. The highest BCUT2D eigenvalue weighted by atomic mass is 79.9. The molecule has 1 atom stereocenters. The summed E-state index contributed by atoms with van der Waals surface area (Å²) in [5.74, 6) is 0. The second-order valence-corrected chi connectivity index (χ2v) is 6.38. The van der Waals surface area contributed by atoms with E-state index >= 15 is 0 Å². The van der Waals surface area contributed by atoms with Crippen LogP contribution in [-0.4, -0.2) is 27.2 Å². The number of fused-ring (bicyclic) bond motifs is 1. The average molecular weight is 374 g/mol. The van der Waals surface area contributed by atoms with E-state index in [0.717, 1.165) is 15.9 Å². The quantitative estimate of drug-likeness (QED) is 0.797. The first-order valence-corrected chi connectivity index (χ1v) is 7.71. The molecule has 0 fully saturated rings. The molecule has 0 amide bonds. The van der Waals surface area contributed by atoms with Gasteiger partial charge in [0.25, 0.3) is 0 Å². The van der Waals surface area contributed by atoms with Gasteiger partial charge in [-0.05, 0) is 17.7 Å². The Morgan fingerprint density at radius 3 is 2.55 bits per heavy atom. The Hall–Kier alpha value is -1.34. The molecule has 1 aliphatic heterocycles. The molecule has 0 N–H and O–H groups in total. The van der Waals surface area contributed by atoms with Gasteiger partial charge in [-0.3, -0.25) is 4.90 Å². The lowest BCUT2D eigenvalue weighted by Gasteiger charge is -2.35. The molecule has 1 aromatic carbocycles. The summed E-state index contributed by atoms with van der Waals surface area (Å²) in [6, 6.07) is 4.73. The fourth-order valence-electron chi connectivity index (χ4n) is 2.95. The third-order valence-corrected chi connectivity index (χ3v) is 4.52. The van der Waals surface area contributed by atoms with E-state index in [2.05, 4.69) is 20.9 Å². The van der Waals surface area contributed by atoms with E-state index < -0.39 is 12.2 Å². The summed E-state index contributed by atoms with van der Waals surface area (Å²) in [5, 5.41) is 0. The summed E-state index contributed by atoms with van der Waals surface area (Å²) >= 11 is 3.26. The van der Waals surface area contributed by atoms with Gasteiger partial charge in [0, 0.05) is 36.7 Å². The molecule has 118 valence electrons. The van der Waals surface area contributed by atoms with Crippen molar-refractivity contribution in [1.82, 2.24) is 14.5 Å². The van der Waals surface area contributed by atoms with E-state index in [0.29, 0.717) is 13.0 Å². The standard InChI is InChI=1S/C15H15BrF3N3/c1-21-9-20-12-8-22(7-6-13(12)21)14(15(17,18)19)10-2-4-11(16)5-3-10/h2-5,9,14H,6-8H2,1H3. The first kappa shape index (κ1) is 15.6. The molecule has 22 heavy (non-hydrogen) atoms. The van der Waals surface area contributed by atoms with Crippen LogP contribution in [0.2, 0.25) is 0 Å². The molecule has 3 rings (SSSR count). The van der Waals surface area contributed by atoms with Crippen molar-refractivity contribution in [3.8, 4) is 0 Å². The topological polar surface area (TPSA) is 21.1 Å². The molecular formula is C15H15BrF3N3. The molecule has 3 nitrogen and oxygen atoms in total. The van der Waals surface area contributed by atoms with Gasteiger partial charge in [0.1, 0.15) is 6.04 Å². The molecule has 1 unspecified atom stereocenters. The highest BCUT2D eigenvalue weighted by Crippen LogP contribution is 2.40. The molecular weight excluding hydrogens is 359 g/mol. The Morgan fingerprint density at radius 2 is 1.91 bits per heavy atom. The third kappa shape index (κ3) is 2.92. The van der Waals surface area contributed by atoms with E-state index in [4.69, 9.17) is 0 Å². The molecule has 0 radical (unpaired) electrons. The smallest absolute Gasteiger partial charge is 0.337 e. The summed E-state index contributed by atoms with van der Waals surface area (Å²) in [5.41, 5.74) is 2.02. The number of benzene rings is 1. The minimum absolute atomic E-state index is 0.219. The first-order chi connectivity index (χ1) is 10.4. The van der Waals surface area contributed by atoms with E-state index in [1.165, 1.54) is 17.0 Å². The van der Waals surface area contributed by atoms with Crippen LogP contribution in [0.4, 0.5) is 13.2 Å². The van der Waals surface area contributed by atoms with Crippen LogP contribution in [-0.2, 0) is 20.0 Å². The number of rotatable bonds is 2. The lowest BCUT2D eigenvalue weighted by atomic mass is 10.0. The van der Waals surface area contributed by atoms with Gasteiger partial charge in [-0.1, -0.05) is 28.1 Å². The second kappa shape index (κ2) is 5.70. The normalized spacial score (nSPS) is 17.3. The Labute approximate surface area is 134 Å². The van der Waals surface area contributed by atoms with Gasteiger partial charge in [-0.2, -0.15) is 13.2 Å². The van der Waals surface area contributed by atoms with Crippen molar-refractivity contribution in [2.45, 2.75) is 25.2 Å². The number of aryl methyl sites for hydroxylation is 1. The van der Waals surface area contributed by atoms with Crippen LogP contribution in [0, 0.1) is 0 Å². The zero-order valence-corrected chi connectivity index (χ0v) is 13.5. The van der Waals surface area contributed by atoms with Gasteiger partial charge in [-0.25, -0.2) is 4.98 Å². The van der Waals surface area contributed by atoms with Gasteiger partial charge in [-0.15, -0.1) is 0 Å². The van der Waals surface area contributed by atoms with Crippen molar-refractivity contribution >= 4 is 15.9 Å². The molecule has 2 aromatic rings. The highest BCUT2D eigenvalue weighted by Gasteiger charge is 2.45. The number of hydrogen-bond donors (Lipinski definition) is 0. The van der Waals surface area contributed by atoms with Crippen molar-refractivity contribution in [3.63, 3.8) is 0 Å². The van der Waals surface area contributed by atoms with Gasteiger partial charge in [0.05, 0.1) is 12.0 Å². The van der Waals surface area contributed by atoms with E-state index in [-0.39, 0.29) is 12.1 Å². The number of imidazole rings is 1. The second-order valence-electron chi connectivity index (χ2n) is 5.47. The molecule has 7 heteroatoms. The maximum Gasteiger partial charge on any atom is 0.408 e. The minimum atomic E-state index is -4.32. The number of aromatic nitrogens is 2. The summed E-state index contributed by atoms with van der Waals surface area (Å²) < 4.78 is 43.4. The Bertz CT molecular complexity index is 664. The van der Waals surface area contributed by atoms with Crippen molar-refractivity contribution in [1.29, 1.82) is 0 Å². The minimum Gasteiger partial charge on any atom is -0.337 e. The zero-order valence-electron chi connectivity index (χ0n) is 11.9. The molecule has 2 heterocycles. The maximum absolute atomic E-state index is 13.6. The molecule has 0 saturated heterocycles.